The van der Waals surface area contributed by atoms with E-state index in [9.17, 15) is 19.2 Å². The van der Waals surface area contributed by atoms with Crippen LogP contribution in [0.4, 0.5) is 4.79 Å². The number of amides is 3. The van der Waals surface area contributed by atoms with E-state index in [0.717, 1.165) is 19.3 Å². The van der Waals surface area contributed by atoms with E-state index in [0.29, 0.717) is 44.9 Å². The smallest absolute Gasteiger partial charge is 0.410 e. The van der Waals surface area contributed by atoms with Gasteiger partial charge in [0.1, 0.15) is 11.6 Å². The Kier molecular flexibility index (Phi) is 10.2. The number of rotatable bonds is 8. The van der Waals surface area contributed by atoms with Gasteiger partial charge in [-0.25, -0.2) is 4.79 Å². The zero-order valence-corrected chi connectivity index (χ0v) is 20.9. The molecule has 3 amide bonds. The van der Waals surface area contributed by atoms with Crippen LogP contribution in [0.3, 0.4) is 0 Å². The fraction of sp³-hybridized carbons (Fsp3) is 0.760. The summed E-state index contributed by atoms with van der Waals surface area (Å²) in [6.07, 6.45) is 8.57. The molecule has 0 bridgehead atoms. The van der Waals surface area contributed by atoms with Gasteiger partial charge in [0.05, 0.1) is 18.9 Å². The van der Waals surface area contributed by atoms with Crippen LogP contribution in [0, 0.1) is 24.2 Å². The summed E-state index contributed by atoms with van der Waals surface area (Å²) in [5, 5.41) is 2.71. The molecule has 190 valence electrons. The maximum absolute atomic E-state index is 12.7. The van der Waals surface area contributed by atoms with Gasteiger partial charge < -0.3 is 24.6 Å². The molecule has 0 saturated carbocycles. The lowest BCUT2D eigenvalue weighted by atomic mass is 9.92. The van der Waals surface area contributed by atoms with Crippen LogP contribution in [0.5, 0.6) is 0 Å². The Labute approximate surface area is 202 Å². The quantitative estimate of drug-likeness (QED) is 0.425. The summed E-state index contributed by atoms with van der Waals surface area (Å²) in [6, 6.07) is -0.720. The number of carbonyl (C=O) groups is 4. The van der Waals surface area contributed by atoms with E-state index in [1.165, 1.54) is 0 Å². The van der Waals surface area contributed by atoms with Crippen LogP contribution >= 0.6 is 0 Å². The highest BCUT2D eigenvalue weighted by molar-refractivity contribution is 5.83. The highest BCUT2D eigenvalue weighted by atomic mass is 16.6. The number of hydrogen-bond donors (Lipinski definition) is 1. The van der Waals surface area contributed by atoms with Gasteiger partial charge in [-0.1, -0.05) is 5.92 Å². The Hall–Kier alpha value is -2.76. The van der Waals surface area contributed by atoms with Crippen molar-refractivity contribution in [3.63, 3.8) is 0 Å². The predicted molar refractivity (Wildman–Crippen MR) is 126 cm³/mol. The Morgan fingerprint density at radius 1 is 1.09 bits per heavy atom. The highest BCUT2D eigenvalue weighted by Crippen LogP contribution is 2.25. The van der Waals surface area contributed by atoms with Crippen molar-refractivity contribution in [2.75, 3.05) is 32.8 Å². The zero-order valence-electron chi connectivity index (χ0n) is 20.9. The van der Waals surface area contributed by atoms with Crippen molar-refractivity contribution in [3.8, 4) is 12.3 Å². The van der Waals surface area contributed by atoms with Crippen molar-refractivity contribution < 1.29 is 28.7 Å². The molecular formula is C25H39N3O6. The van der Waals surface area contributed by atoms with Crippen LogP contribution in [0.25, 0.3) is 0 Å². The molecule has 2 saturated heterocycles. The van der Waals surface area contributed by atoms with Gasteiger partial charge in [-0.15, -0.1) is 6.42 Å². The third-order valence-electron chi connectivity index (χ3n) is 6.14. The molecule has 0 aromatic carbocycles. The first-order valence-corrected chi connectivity index (χ1v) is 12.2. The van der Waals surface area contributed by atoms with E-state index < -0.39 is 17.6 Å². The fourth-order valence-electron chi connectivity index (χ4n) is 4.24. The highest BCUT2D eigenvalue weighted by Gasteiger charge is 2.33. The molecular weight excluding hydrogens is 438 g/mol. The average Bonchev–Trinajstić information content (AvgIpc) is 3.27. The fourth-order valence-corrected chi connectivity index (χ4v) is 4.24. The minimum atomic E-state index is -0.720. The molecule has 2 aliphatic rings. The first-order chi connectivity index (χ1) is 16.0. The van der Waals surface area contributed by atoms with Crippen molar-refractivity contribution in [3.05, 3.63) is 0 Å². The lowest BCUT2D eigenvalue weighted by Gasteiger charge is -2.33. The van der Waals surface area contributed by atoms with Crippen molar-refractivity contribution >= 4 is 23.9 Å². The molecule has 0 aromatic rings. The van der Waals surface area contributed by atoms with Gasteiger partial charge in [-0.05, 0) is 59.3 Å². The van der Waals surface area contributed by atoms with Gasteiger partial charge in [0.2, 0.25) is 11.8 Å². The van der Waals surface area contributed by atoms with E-state index in [1.807, 2.05) is 20.8 Å². The predicted octanol–water partition coefficient (Wildman–Crippen LogP) is 2.33. The maximum Gasteiger partial charge on any atom is 0.410 e. The van der Waals surface area contributed by atoms with Crippen LogP contribution in [0.15, 0.2) is 0 Å². The molecule has 0 spiro atoms. The maximum atomic E-state index is 12.7. The zero-order chi connectivity index (χ0) is 25.3. The van der Waals surface area contributed by atoms with E-state index in [-0.39, 0.29) is 36.9 Å². The van der Waals surface area contributed by atoms with Crippen molar-refractivity contribution in [1.82, 2.24) is 15.1 Å². The second kappa shape index (κ2) is 12.6. The molecule has 1 unspecified atom stereocenters. The van der Waals surface area contributed by atoms with Crippen molar-refractivity contribution in [1.29, 1.82) is 0 Å². The summed E-state index contributed by atoms with van der Waals surface area (Å²) in [5.41, 5.74) is -0.506. The molecule has 2 fully saturated rings. The Bertz CT molecular complexity index is 777. The summed E-state index contributed by atoms with van der Waals surface area (Å²) >= 11 is 0. The first kappa shape index (κ1) is 27.5. The summed E-state index contributed by atoms with van der Waals surface area (Å²) < 4.78 is 10.3. The van der Waals surface area contributed by atoms with Crippen LogP contribution in [-0.4, -0.2) is 78.1 Å². The Morgan fingerprint density at radius 3 is 2.32 bits per heavy atom. The van der Waals surface area contributed by atoms with Gasteiger partial charge >= 0.3 is 12.1 Å². The second-order valence-electron chi connectivity index (χ2n) is 10.0. The normalized spacial score (nSPS) is 19.8. The number of terminal acetylenes is 1. The third kappa shape index (κ3) is 8.88. The number of hydrogen-bond acceptors (Lipinski definition) is 6. The molecule has 2 rings (SSSR count). The summed E-state index contributed by atoms with van der Waals surface area (Å²) in [5.74, 6) is 1.82. The largest absolute Gasteiger partial charge is 0.466 e. The van der Waals surface area contributed by atoms with Crippen LogP contribution in [0.1, 0.15) is 66.2 Å². The van der Waals surface area contributed by atoms with Gasteiger partial charge in [-0.3, -0.25) is 14.4 Å². The summed E-state index contributed by atoms with van der Waals surface area (Å²) in [7, 11) is 0. The van der Waals surface area contributed by atoms with Gasteiger partial charge in [0.15, 0.2) is 0 Å². The molecule has 0 aliphatic carbocycles. The van der Waals surface area contributed by atoms with E-state index >= 15 is 0 Å². The summed E-state index contributed by atoms with van der Waals surface area (Å²) in [4.78, 5) is 52.5. The van der Waals surface area contributed by atoms with Gasteiger partial charge in [-0.2, -0.15) is 0 Å². The minimum Gasteiger partial charge on any atom is -0.466 e. The van der Waals surface area contributed by atoms with Gasteiger partial charge in [0, 0.05) is 32.6 Å². The van der Waals surface area contributed by atoms with Crippen molar-refractivity contribution in [2.45, 2.75) is 77.9 Å². The molecule has 2 aliphatic heterocycles. The first-order valence-electron chi connectivity index (χ1n) is 12.2. The Balaban J connectivity index is 1.70. The number of ether oxygens (including phenoxy) is 2. The lowest BCUT2D eigenvalue weighted by molar-refractivity contribution is -0.143. The molecule has 0 aromatic heterocycles. The van der Waals surface area contributed by atoms with E-state index in [1.54, 1.807) is 16.7 Å². The number of esters is 1. The molecule has 2 atom stereocenters. The van der Waals surface area contributed by atoms with Crippen molar-refractivity contribution in [2.24, 2.45) is 11.8 Å². The lowest BCUT2D eigenvalue weighted by Crippen LogP contribution is -2.42. The van der Waals surface area contributed by atoms with E-state index in [4.69, 9.17) is 15.9 Å². The second-order valence-corrected chi connectivity index (χ2v) is 10.0. The van der Waals surface area contributed by atoms with Crippen LogP contribution in [0.2, 0.25) is 0 Å². The number of carbonyl (C=O) groups excluding carboxylic acids is 4. The molecule has 9 heteroatoms. The monoisotopic (exact) mass is 477 g/mol. The Morgan fingerprint density at radius 2 is 1.74 bits per heavy atom. The number of piperidine rings is 1. The van der Waals surface area contributed by atoms with Crippen LogP contribution in [-0.2, 0) is 23.9 Å². The summed E-state index contributed by atoms with van der Waals surface area (Å²) in [6.45, 7) is 9.70. The number of likely N-dealkylation sites (tertiary alicyclic amines) is 2. The minimum absolute atomic E-state index is 0.0462. The molecule has 0 radical (unpaired) electrons. The van der Waals surface area contributed by atoms with Gasteiger partial charge in [0.25, 0.3) is 0 Å². The van der Waals surface area contributed by atoms with Crippen LogP contribution < -0.4 is 5.32 Å². The SMILES string of the molecule is C#C[C@H](CC(=O)OCC)NC(=O)C1CCN(C(=O)CCC2CCN(C(=O)OC(C)(C)C)CC2)C1. The number of nitrogens with zero attached hydrogens (tertiary/aromatic N) is 2. The molecule has 2 heterocycles. The standard InChI is InChI=1S/C25H39N3O6/c1-6-20(16-22(30)33-7-2)26-23(31)19-12-15-28(17-19)21(29)9-8-18-10-13-27(14-11-18)24(32)34-25(3,4)5/h1,18-20H,7-17H2,2-5H3,(H,26,31)/t19?,20-/m1/s1. The average molecular weight is 478 g/mol. The molecule has 1 N–H and O–H groups in total. The molecule has 34 heavy (non-hydrogen) atoms. The molecule has 9 nitrogen and oxygen atoms in total. The number of nitrogens with one attached hydrogen (secondary N) is 1. The third-order valence-corrected chi connectivity index (χ3v) is 6.14. The topological polar surface area (TPSA) is 105 Å². The van der Waals surface area contributed by atoms with E-state index in [2.05, 4.69) is 11.2 Å².